The van der Waals surface area contributed by atoms with E-state index < -0.39 is 0 Å². The highest BCUT2D eigenvalue weighted by molar-refractivity contribution is 7.99. The monoisotopic (exact) mass is 278 g/mol. The van der Waals surface area contributed by atoms with Crippen LogP contribution < -0.4 is 14.2 Å². The molecular weight excluding hydrogens is 264 g/mol. The highest BCUT2D eigenvalue weighted by atomic mass is 32.2. The van der Waals surface area contributed by atoms with Crippen LogP contribution in [0.1, 0.15) is 0 Å². The Labute approximate surface area is 115 Å². The molecule has 0 aliphatic carbocycles. The second kappa shape index (κ2) is 6.29. The summed E-state index contributed by atoms with van der Waals surface area (Å²) in [6.45, 7) is 0. The second-order valence-corrected chi connectivity index (χ2v) is 4.54. The molecule has 0 aliphatic rings. The lowest BCUT2D eigenvalue weighted by atomic mass is 10.3. The Bertz CT molecular complexity index is 563. The van der Waals surface area contributed by atoms with E-state index in [1.165, 1.54) is 11.8 Å². The van der Waals surface area contributed by atoms with E-state index in [2.05, 4.69) is 9.97 Å². The van der Waals surface area contributed by atoms with Crippen molar-refractivity contribution < 1.29 is 14.2 Å². The number of ether oxygens (including phenoxy) is 3. The summed E-state index contributed by atoms with van der Waals surface area (Å²) in [5, 5.41) is 0.617. The molecule has 0 fully saturated rings. The van der Waals surface area contributed by atoms with E-state index in [0.717, 1.165) is 4.90 Å². The first-order valence-corrected chi connectivity index (χ1v) is 6.35. The summed E-state index contributed by atoms with van der Waals surface area (Å²) in [6, 6.07) is 7.36. The van der Waals surface area contributed by atoms with Gasteiger partial charge in [-0.15, -0.1) is 0 Å². The Kier molecular flexibility index (Phi) is 4.46. The van der Waals surface area contributed by atoms with Crippen LogP contribution in [0.15, 0.2) is 40.5 Å². The van der Waals surface area contributed by atoms with Crippen molar-refractivity contribution in [1.29, 1.82) is 0 Å². The number of aromatic nitrogens is 2. The Hall–Kier alpha value is -1.95. The molecular formula is C13H14N2O3S. The molecule has 0 saturated carbocycles. The van der Waals surface area contributed by atoms with Crippen LogP contribution >= 0.6 is 11.8 Å². The third kappa shape index (κ3) is 3.29. The van der Waals surface area contributed by atoms with Gasteiger partial charge in [-0.05, 0) is 30.0 Å². The van der Waals surface area contributed by atoms with Gasteiger partial charge in [0.05, 0.1) is 21.3 Å². The number of nitrogens with zero attached hydrogens (tertiary/aromatic N) is 2. The second-order valence-electron chi connectivity index (χ2n) is 3.50. The predicted octanol–water partition coefficient (Wildman–Crippen LogP) is 2.65. The molecule has 2 rings (SSSR count). The number of methoxy groups -OCH3 is 3. The largest absolute Gasteiger partial charge is 0.493 e. The van der Waals surface area contributed by atoms with Crippen molar-refractivity contribution in [2.75, 3.05) is 21.3 Å². The van der Waals surface area contributed by atoms with Crippen LogP contribution in [0.2, 0.25) is 0 Å². The van der Waals surface area contributed by atoms with Gasteiger partial charge in [0.25, 0.3) is 0 Å². The molecule has 2 aromatic rings. The van der Waals surface area contributed by atoms with Gasteiger partial charge in [-0.25, -0.2) is 4.98 Å². The molecule has 0 spiro atoms. The molecule has 0 amide bonds. The summed E-state index contributed by atoms with van der Waals surface area (Å²) in [5.74, 6) is 1.91. The van der Waals surface area contributed by atoms with Gasteiger partial charge in [0.1, 0.15) is 0 Å². The van der Waals surface area contributed by atoms with Gasteiger partial charge in [-0.1, -0.05) is 0 Å². The molecule has 0 N–H and O–H groups in total. The molecule has 1 aromatic heterocycles. The quantitative estimate of drug-likeness (QED) is 0.784. The van der Waals surface area contributed by atoms with Crippen LogP contribution in [0.3, 0.4) is 0 Å². The Balaban J connectivity index is 2.22. The third-order valence-corrected chi connectivity index (χ3v) is 3.25. The lowest BCUT2D eigenvalue weighted by Gasteiger charge is -2.08. The van der Waals surface area contributed by atoms with Gasteiger partial charge >= 0.3 is 0 Å². The summed E-state index contributed by atoms with van der Waals surface area (Å²) in [7, 11) is 4.79. The molecule has 19 heavy (non-hydrogen) atoms. The number of hydrogen-bond donors (Lipinski definition) is 0. The first kappa shape index (κ1) is 13.5. The topological polar surface area (TPSA) is 53.5 Å². The molecule has 100 valence electrons. The first-order chi connectivity index (χ1) is 9.26. The van der Waals surface area contributed by atoms with Gasteiger partial charge in [0.2, 0.25) is 5.88 Å². The molecule has 0 unspecified atom stereocenters. The van der Waals surface area contributed by atoms with Crippen molar-refractivity contribution in [1.82, 2.24) is 9.97 Å². The van der Waals surface area contributed by atoms with Crippen molar-refractivity contribution >= 4 is 11.8 Å². The Morgan fingerprint density at radius 2 is 1.74 bits per heavy atom. The minimum atomic E-state index is 0.540. The zero-order chi connectivity index (χ0) is 13.7. The molecule has 1 aromatic carbocycles. The van der Waals surface area contributed by atoms with Crippen molar-refractivity contribution in [2.45, 2.75) is 10.1 Å². The maximum Gasteiger partial charge on any atom is 0.217 e. The van der Waals surface area contributed by atoms with E-state index in [4.69, 9.17) is 14.2 Å². The average Bonchev–Trinajstić information content (AvgIpc) is 2.47. The lowest BCUT2D eigenvalue weighted by Crippen LogP contribution is -1.92. The minimum absolute atomic E-state index is 0.540. The van der Waals surface area contributed by atoms with E-state index in [1.54, 1.807) is 33.6 Å². The summed E-state index contributed by atoms with van der Waals surface area (Å²) < 4.78 is 15.5. The third-order valence-electron chi connectivity index (χ3n) is 2.38. The molecule has 1 heterocycles. The minimum Gasteiger partial charge on any atom is -0.493 e. The molecule has 0 bridgehead atoms. The Morgan fingerprint density at radius 1 is 0.947 bits per heavy atom. The fourth-order valence-corrected chi connectivity index (χ4v) is 2.24. The Morgan fingerprint density at radius 3 is 2.42 bits per heavy atom. The number of benzene rings is 1. The van der Waals surface area contributed by atoms with Crippen molar-refractivity contribution in [3.8, 4) is 17.4 Å². The zero-order valence-electron chi connectivity index (χ0n) is 10.9. The van der Waals surface area contributed by atoms with E-state index in [0.29, 0.717) is 22.5 Å². The van der Waals surface area contributed by atoms with Gasteiger partial charge < -0.3 is 14.2 Å². The zero-order valence-corrected chi connectivity index (χ0v) is 11.7. The van der Waals surface area contributed by atoms with E-state index in [1.807, 2.05) is 18.2 Å². The van der Waals surface area contributed by atoms with Crippen LogP contribution in [0.4, 0.5) is 0 Å². The molecule has 0 atom stereocenters. The number of hydrogen-bond acceptors (Lipinski definition) is 6. The fourth-order valence-electron chi connectivity index (χ4n) is 1.47. The van der Waals surface area contributed by atoms with Crippen LogP contribution in [0.5, 0.6) is 17.4 Å². The lowest BCUT2D eigenvalue weighted by molar-refractivity contribution is 0.354. The smallest absolute Gasteiger partial charge is 0.217 e. The summed E-state index contributed by atoms with van der Waals surface area (Å²) >= 11 is 1.43. The summed E-state index contributed by atoms with van der Waals surface area (Å²) in [4.78, 5) is 9.39. The summed E-state index contributed by atoms with van der Waals surface area (Å²) in [5.41, 5.74) is 0. The fraction of sp³-hybridized carbons (Fsp3) is 0.231. The van der Waals surface area contributed by atoms with Crippen LogP contribution in [-0.2, 0) is 0 Å². The molecule has 0 radical (unpaired) electrons. The highest BCUT2D eigenvalue weighted by Gasteiger charge is 2.07. The number of rotatable bonds is 5. The van der Waals surface area contributed by atoms with E-state index in [-0.39, 0.29) is 0 Å². The predicted molar refractivity (Wildman–Crippen MR) is 72.3 cm³/mol. The average molecular weight is 278 g/mol. The molecule has 6 heteroatoms. The molecule has 0 saturated heterocycles. The van der Waals surface area contributed by atoms with Gasteiger partial charge in [-0.2, -0.15) is 4.98 Å². The van der Waals surface area contributed by atoms with Gasteiger partial charge in [-0.3, -0.25) is 0 Å². The molecule has 5 nitrogen and oxygen atoms in total. The molecule has 0 aliphatic heterocycles. The maximum atomic E-state index is 5.26. The van der Waals surface area contributed by atoms with E-state index in [9.17, 15) is 0 Å². The maximum absolute atomic E-state index is 5.26. The van der Waals surface area contributed by atoms with Crippen LogP contribution in [0, 0.1) is 0 Å². The summed E-state index contributed by atoms with van der Waals surface area (Å²) in [6.07, 6.45) is 1.66. The van der Waals surface area contributed by atoms with Crippen LogP contribution in [0.25, 0.3) is 0 Å². The van der Waals surface area contributed by atoms with Crippen molar-refractivity contribution in [3.05, 3.63) is 30.5 Å². The highest BCUT2D eigenvalue weighted by Crippen LogP contribution is 2.34. The SMILES string of the molecule is COc1ccnc(Sc2ccc(OC)c(OC)c2)n1. The van der Waals surface area contributed by atoms with Crippen molar-refractivity contribution in [2.24, 2.45) is 0 Å². The standard InChI is InChI=1S/C13H14N2O3S/c1-16-10-5-4-9(8-11(10)17-2)19-13-14-7-6-12(15-13)18-3/h4-8H,1-3H3. The van der Waals surface area contributed by atoms with Crippen molar-refractivity contribution in [3.63, 3.8) is 0 Å². The van der Waals surface area contributed by atoms with Crippen LogP contribution in [-0.4, -0.2) is 31.3 Å². The first-order valence-electron chi connectivity index (χ1n) is 5.53. The van der Waals surface area contributed by atoms with E-state index >= 15 is 0 Å². The van der Waals surface area contributed by atoms with Gasteiger partial charge in [0.15, 0.2) is 16.7 Å². The normalized spacial score (nSPS) is 10.1. The van der Waals surface area contributed by atoms with Gasteiger partial charge in [0, 0.05) is 17.2 Å².